The number of amides is 2. The van der Waals surface area contributed by atoms with E-state index in [9.17, 15) is 9.59 Å². The van der Waals surface area contributed by atoms with Crippen molar-refractivity contribution in [2.75, 3.05) is 18.6 Å². The molecule has 1 atom stereocenters. The van der Waals surface area contributed by atoms with Crippen LogP contribution in [0.2, 0.25) is 0 Å². The van der Waals surface area contributed by atoms with Crippen LogP contribution < -0.4 is 19.7 Å². The van der Waals surface area contributed by atoms with Crippen molar-refractivity contribution in [2.45, 2.75) is 26.0 Å². The van der Waals surface area contributed by atoms with Crippen LogP contribution in [0.1, 0.15) is 19.4 Å². The molecule has 26 heavy (non-hydrogen) atoms. The van der Waals surface area contributed by atoms with Gasteiger partial charge in [0.15, 0.2) is 0 Å². The number of fused-ring (bicyclic) bond motifs is 1. The molecule has 6 nitrogen and oxygen atoms in total. The molecule has 0 aliphatic carbocycles. The van der Waals surface area contributed by atoms with Crippen molar-refractivity contribution in [3.63, 3.8) is 0 Å². The number of rotatable bonds is 5. The molecule has 3 rings (SSSR count). The molecule has 0 spiro atoms. The number of hydrogen-bond donors (Lipinski definition) is 1. The summed E-state index contributed by atoms with van der Waals surface area (Å²) >= 11 is 0. The SMILES string of the molecule is CCN1C(=O)C(C)(C(=O)NCc2cccc(OC)c2)Oc2ccccc21. The van der Waals surface area contributed by atoms with Crippen LogP contribution in [-0.2, 0) is 16.1 Å². The Bertz CT molecular complexity index is 836. The summed E-state index contributed by atoms with van der Waals surface area (Å²) in [6.07, 6.45) is 0. The first-order valence-electron chi connectivity index (χ1n) is 8.51. The van der Waals surface area contributed by atoms with Crippen LogP contribution in [-0.4, -0.2) is 31.1 Å². The highest BCUT2D eigenvalue weighted by Crippen LogP contribution is 2.37. The Morgan fingerprint density at radius 2 is 2.00 bits per heavy atom. The molecular weight excluding hydrogens is 332 g/mol. The predicted octanol–water partition coefficient (Wildman–Crippen LogP) is 2.52. The van der Waals surface area contributed by atoms with Crippen molar-refractivity contribution in [3.05, 3.63) is 54.1 Å². The van der Waals surface area contributed by atoms with Crippen LogP contribution in [0, 0.1) is 0 Å². The average molecular weight is 354 g/mol. The summed E-state index contributed by atoms with van der Waals surface area (Å²) in [5.74, 6) is 0.382. The van der Waals surface area contributed by atoms with Crippen molar-refractivity contribution in [3.8, 4) is 11.5 Å². The van der Waals surface area contributed by atoms with Gasteiger partial charge in [-0.1, -0.05) is 24.3 Å². The lowest BCUT2D eigenvalue weighted by Gasteiger charge is -2.39. The monoisotopic (exact) mass is 354 g/mol. The molecular formula is C20H22N2O4. The standard InChI is InChI=1S/C20H22N2O4/c1-4-22-16-10-5-6-11-17(16)26-20(2,19(22)24)18(23)21-13-14-8-7-9-15(12-14)25-3/h5-12H,4,13H2,1-3H3,(H,21,23). The second-order valence-corrected chi connectivity index (χ2v) is 6.19. The smallest absolute Gasteiger partial charge is 0.280 e. The molecule has 2 aromatic rings. The van der Waals surface area contributed by atoms with Gasteiger partial charge in [0, 0.05) is 13.1 Å². The molecule has 0 bridgehead atoms. The van der Waals surface area contributed by atoms with E-state index in [1.165, 1.54) is 6.92 Å². The fourth-order valence-electron chi connectivity index (χ4n) is 2.99. The quantitative estimate of drug-likeness (QED) is 0.838. The predicted molar refractivity (Wildman–Crippen MR) is 98.3 cm³/mol. The largest absolute Gasteiger partial charge is 0.497 e. The van der Waals surface area contributed by atoms with Crippen LogP contribution in [0.3, 0.4) is 0 Å². The third-order valence-electron chi connectivity index (χ3n) is 4.46. The lowest BCUT2D eigenvalue weighted by atomic mass is 9.99. The molecule has 1 aliphatic rings. The number of benzene rings is 2. The summed E-state index contributed by atoms with van der Waals surface area (Å²) in [5.41, 5.74) is -0.0566. The number of para-hydroxylation sites is 2. The fraction of sp³-hybridized carbons (Fsp3) is 0.300. The normalized spacial score (nSPS) is 18.7. The van der Waals surface area contributed by atoms with Crippen LogP contribution in [0.25, 0.3) is 0 Å². The van der Waals surface area contributed by atoms with E-state index < -0.39 is 11.5 Å². The van der Waals surface area contributed by atoms with E-state index >= 15 is 0 Å². The van der Waals surface area contributed by atoms with Gasteiger partial charge in [-0.25, -0.2) is 0 Å². The Balaban J connectivity index is 1.80. The summed E-state index contributed by atoms with van der Waals surface area (Å²) < 4.78 is 11.0. The minimum atomic E-state index is -1.61. The molecule has 0 saturated heterocycles. The molecule has 0 saturated carbocycles. The average Bonchev–Trinajstić information content (AvgIpc) is 2.67. The first kappa shape index (κ1) is 17.8. The third kappa shape index (κ3) is 3.10. The maximum Gasteiger partial charge on any atom is 0.280 e. The maximum absolute atomic E-state index is 12.9. The molecule has 1 aliphatic heterocycles. The number of hydrogen-bond acceptors (Lipinski definition) is 4. The van der Waals surface area contributed by atoms with E-state index in [-0.39, 0.29) is 12.5 Å². The highest BCUT2D eigenvalue weighted by atomic mass is 16.5. The highest BCUT2D eigenvalue weighted by molar-refractivity contribution is 6.16. The number of nitrogens with zero attached hydrogens (tertiary/aromatic N) is 1. The molecule has 0 fully saturated rings. The molecule has 136 valence electrons. The number of nitrogens with one attached hydrogen (secondary N) is 1. The minimum absolute atomic E-state index is 0.274. The zero-order chi connectivity index (χ0) is 18.7. The van der Waals surface area contributed by atoms with E-state index in [1.807, 2.05) is 49.4 Å². The van der Waals surface area contributed by atoms with E-state index in [2.05, 4.69) is 5.32 Å². The van der Waals surface area contributed by atoms with Gasteiger partial charge in [0.25, 0.3) is 17.4 Å². The fourth-order valence-corrected chi connectivity index (χ4v) is 2.99. The lowest BCUT2D eigenvalue weighted by Crippen LogP contribution is -2.62. The molecule has 6 heteroatoms. The second kappa shape index (κ2) is 7.07. The van der Waals surface area contributed by atoms with Crippen LogP contribution >= 0.6 is 0 Å². The Labute approximate surface area is 152 Å². The summed E-state index contributed by atoms with van der Waals surface area (Å²) in [4.78, 5) is 27.3. The lowest BCUT2D eigenvalue weighted by molar-refractivity contribution is -0.148. The van der Waals surface area contributed by atoms with Gasteiger partial charge in [-0.05, 0) is 43.7 Å². The zero-order valence-electron chi connectivity index (χ0n) is 15.1. The number of likely N-dealkylation sites (N-methyl/N-ethyl adjacent to an activating group) is 1. The second-order valence-electron chi connectivity index (χ2n) is 6.19. The molecule has 1 unspecified atom stereocenters. The van der Waals surface area contributed by atoms with Gasteiger partial charge < -0.3 is 19.7 Å². The Morgan fingerprint density at radius 3 is 2.73 bits per heavy atom. The van der Waals surface area contributed by atoms with Crippen LogP contribution in [0.15, 0.2) is 48.5 Å². The van der Waals surface area contributed by atoms with Crippen molar-refractivity contribution >= 4 is 17.5 Å². The van der Waals surface area contributed by atoms with E-state index in [1.54, 1.807) is 18.1 Å². The van der Waals surface area contributed by atoms with E-state index in [0.29, 0.717) is 23.7 Å². The highest BCUT2D eigenvalue weighted by Gasteiger charge is 2.50. The van der Waals surface area contributed by atoms with Crippen LogP contribution in [0.5, 0.6) is 11.5 Å². The van der Waals surface area contributed by atoms with Crippen molar-refractivity contribution < 1.29 is 19.1 Å². The van der Waals surface area contributed by atoms with Gasteiger partial charge >= 0.3 is 0 Å². The van der Waals surface area contributed by atoms with E-state index in [0.717, 1.165) is 5.56 Å². The van der Waals surface area contributed by atoms with Crippen molar-refractivity contribution in [2.24, 2.45) is 0 Å². The number of anilines is 1. The topological polar surface area (TPSA) is 67.9 Å². The zero-order valence-corrected chi connectivity index (χ0v) is 15.1. The number of methoxy groups -OCH3 is 1. The molecule has 1 heterocycles. The van der Waals surface area contributed by atoms with Gasteiger partial charge in [0.05, 0.1) is 12.8 Å². The Morgan fingerprint density at radius 1 is 1.23 bits per heavy atom. The van der Waals surface area contributed by atoms with Gasteiger partial charge in [-0.2, -0.15) is 0 Å². The maximum atomic E-state index is 12.9. The minimum Gasteiger partial charge on any atom is -0.497 e. The summed E-state index contributed by atoms with van der Waals surface area (Å²) in [7, 11) is 1.59. The first-order chi connectivity index (χ1) is 12.5. The van der Waals surface area contributed by atoms with Gasteiger partial charge in [-0.15, -0.1) is 0 Å². The number of carbonyl (C=O) groups excluding carboxylic acids is 2. The summed E-state index contributed by atoms with van der Waals surface area (Å²) in [6.45, 7) is 4.11. The van der Waals surface area contributed by atoms with Crippen molar-refractivity contribution in [1.29, 1.82) is 0 Å². The molecule has 0 aromatic heterocycles. The molecule has 1 N–H and O–H groups in total. The Hall–Kier alpha value is -3.02. The molecule has 2 aromatic carbocycles. The van der Waals surface area contributed by atoms with Gasteiger partial charge in [0.2, 0.25) is 0 Å². The number of carbonyl (C=O) groups is 2. The van der Waals surface area contributed by atoms with Crippen molar-refractivity contribution in [1.82, 2.24) is 5.32 Å². The summed E-state index contributed by atoms with van der Waals surface area (Å²) in [5, 5.41) is 2.80. The Kier molecular flexibility index (Phi) is 4.84. The number of ether oxygens (including phenoxy) is 2. The van der Waals surface area contributed by atoms with Gasteiger partial charge in [-0.3, -0.25) is 9.59 Å². The molecule has 0 radical (unpaired) electrons. The van der Waals surface area contributed by atoms with Crippen LogP contribution in [0.4, 0.5) is 5.69 Å². The first-order valence-corrected chi connectivity index (χ1v) is 8.51. The van der Waals surface area contributed by atoms with Gasteiger partial charge in [0.1, 0.15) is 11.5 Å². The van der Waals surface area contributed by atoms with E-state index in [4.69, 9.17) is 9.47 Å². The molecule has 2 amide bonds. The third-order valence-corrected chi connectivity index (χ3v) is 4.46. The summed E-state index contributed by atoms with van der Waals surface area (Å²) in [6, 6.07) is 14.6.